The van der Waals surface area contributed by atoms with Crippen molar-refractivity contribution in [2.24, 2.45) is 0 Å². The number of carbonyl (C=O) groups excluding carboxylic acids is 2. The molecular formula is C24H35N3O4S. The first kappa shape index (κ1) is 25.8. The summed E-state index contributed by atoms with van der Waals surface area (Å²) < 4.78 is 0. The van der Waals surface area contributed by atoms with Crippen LogP contribution in [0.5, 0.6) is 0 Å². The summed E-state index contributed by atoms with van der Waals surface area (Å²) in [5.74, 6) is -1.37. The molecule has 0 saturated carbocycles. The Bertz CT molecular complexity index is 878. The first-order valence-electron chi connectivity index (χ1n) is 11.2. The lowest BCUT2D eigenvalue weighted by atomic mass is 10.1. The zero-order valence-electron chi connectivity index (χ0n) is 19.4. The number of piperazine rings is 1. The number of rotatable bonds is 7. The third kappa shape index (κ3) is 6.54. The number of anilines is 1. The van der Waals surface area contributed by atoms with Gasteiger partial charge >= 0.3 is 0 Å². The number of aliphatic hydroxyl groups excluding tert-OH is 2. The van der Waals surface area contributed by atoms with Crippen LogP contribution in [0.15, 0.2) is 35.7 Å². The Labute approximate surface area is 194 Å². The van der Waals surface area contributed by atoms with E-state index in [-0.39, 0.29) is 6.54 Å². The summed E-state index contributed by atoms with van der Waals surface area (Å²) in [6, 6.07) is 10.1. The van der Waals surface area contributed by atoms with Gasteiger partial charge in [0.15, 0.2) is 12.2 Å². The molecule has 0 spiro atoms. The third-order valence-corrected chi connectivity index (χ3v) is 6.41. The highest BCUT2D eigenvalue weighted by Gasteiger charge is 2.34. The minimum absolute atomic E-state index is 0.260. The second-order valence-electron chi connectivity index (χ2n) is 7.48. The molecule has 1 saturated heterocycles. The van der Waals surface area contributed by atoms with E-state index in [0.29, 0.717) is 26.2 Å². The number of aliphatic hydroxyl groups is 2. The van der Waals surface area contributed by atoms with Crippen molar-refractivity contribution in [2.75, 3.05) is 31.1 Å². The van der Waals surface area contributed by atoms with Crippen LogP contribution in [0.3, 0.4) is 0 Å². The van der Waals surface area contributed by atoms with Crippen LogP contribution in [0.4, 0.5) is 5.69 Å². The Morgan fingerprint density at radius 1 is 1.09 bits per heavy atom. The first-order chi connectivity index (χ1) is 15.4. The van der Waals surface area contributed by atoms with Gasteiger partial charge in [-0.25, -0.2) is 0 Å². The van der Waals surface area contributed by atoms with Crippen LogP contribution < -0.4 is 10.2 Å². The van der Waals surface area contributed by atoms with E-state index in [1.807, 2.05) is 56.5 Å². The van der Waals surface area contributed by atoms with E-state index in [0.717, 1.165) is 17.0 Å². The van der Waals surface area contributed by atoms with E-state index in [9.17, 15) is 19.8 Å². The third-order valence-electron chi connectivity index (χ3n) is 5.42. The van der Waals surface area contributed by atoms with Crippen molar-refractivity contribution >= 4 is 28.8 Å². The molecule has 176 valence electrons. The molecule has 2 amide bonds. The lowest BCUT2D eigenvalue weighted by Gasteiger charge is -2.37. The van der Waals surface area contributed by atoms with E-state index in [4.69, 9.17) is 0 Å². The number of amides is 2. The Morgan fingerprint density at radius 2 is 1.75 bits per heavy atom. The predicted octanol–water partition coefficient (Wildman–Crippen LogP) is 2.33. The number of aryl methyl sites for hydroxylation is 2. The van der Waals surface area contributed by atoms with Crippen molar-refractivity contribution in [2.45, 2.75) is 52.9 Å². The van der Waals surface area contributed by atoms with Crippen LogP contribution >= 0.6 is 11.3 Å². The molecule has 3 N–H and O–H groups in total. The van der Waals surface area contributed by atoms with Gasteiger partial charge in [0.05, 0.1) is 6.54 Å². The number of hydrogen-bond donors (Lipinski definition) is 3. The molecule has 3 rings (SSSR count). The van der Waals surface area contributed by atoms with Gasteiger partial charge in [0, 0.05) is 36.7 Å². The molecule has 1 aliphatic heterocycles. The van der Waals surface area contributed by atoms with Crippen molar-refractivity contribution in [1.82, 2.24) is 10.2 Å². The Morgan fingerprint density at radius 3 is 2.34 bits per heavy atom. The molecule has 32 heavy (non-hydrogen) atoms. The van der Waals surface area contributed by atoms with Crippen LogP contribution in [0.1, 0.15) is 36.8 Å². The Kier molecular flexibility index (Phi) is 10.2. The fourth-order valence-electron chi connectivity index (χ4n) is 3.53. The first-order valence-corrected chi connectivity index (χ1v) is 12.1. The molecule has 7 nitrogen and oxygen atoms in total. The number of carbonyl (C=O) groups is 2. The molecule has 2 atom stereocenters. The summed E-state index contributed by atoms with van der Waals surface area (Å²) in [4.78, 5) is 29.4. The second-order valence-corrected chi connectivity index (χ2v) is 8.48. The zero-order valence-corrected chi connectivity index (χ0v) is 20.2. The van der Waals surface area contributed by atoms with Crippen LogP contribution in [-0.2, 0) is 22.6 Å². The highest BCUT2D eigenvalue weighted by atomic mass is 32.1. The Balaban J connectivity index is 0.00000176. The summed E-state index contributed by atoms with van der Waals surface area (Å²) in [6.07, 6.45) is -2.65. The summed E-state index contributed by atoms with van der Waals surface area (Å²) in [5, 5.41) is 25.0. The lowest BCUT2D eigenvalue weighted by molar-refractivity contribution is -0.153. The van der Waals surface area contributed by atoms with Crippen LogP contribution in [-0.4, -0.2) is 65.3 Å². The molecule has 2 heterocycles. The number of nitrogens with zero attached hydrogens (tertiary/aromatic N) is 2. The largest absolute Gasteiger partial charge is 0.380 e. The average Bonchev–Trinajstić information content (AvgIpc) is 3.31. The van der Waals surface area contributed by atoms with Crippen molar-refractivity contribution in [3.8, 4) is 0 Å². The SMILES string of the molecule is CC.CCc1csc(CNC(=O)[C@H](O)[C@@H](O)C(=O)N2CCN(c3ccccc3C)CC2)c1. The normalized spacial score (nSPS) is 15.4. The quantitative estimate of drug-likeness (QED) is 0.589. The van der Waals surface area contributed by atoms with Crippen molar-refractivity contribution in [3.63, 3.8) is 0 Å². The molecule has 0 unspecified atom stereocenters. The van der Waals surface area contributed by atoms with E-state index >= 15 is 0 Å². The fraction of sp³-hybridized carbons (Fsp3) is 0.500. The maximum Gasteiger partial charge on any atom is 0.254 e. The van der Waals surface area contributed by atoms with Gasteiger partial charge in [0.25, 0.3) is 11.8 Å². The number of nitrogens with one attached hydrogen (secondary N) is 1. The maximum atomic E-state index is 12.6. The monoisotopic (exact) mass is 461 g/mol. The number of benzene rings is 1. The standard InChI is InChI=1S/C22H29N3O4S.C2H6/c1-3-16-12-17(30-14-16)13-23-21(28)19(26)20(27)22(29)25-10-8-24(9-11-25)18-7-5-4-6-15(18)2;1-2/h4-7,12,14,19-20,26-27H,3,8-11,13H2,1-2H3,(H,23,28);1-2H3/t19-,20-;/m1./s1. The van der Waals surface area contributed by atoms with Crippen LogP contribution in [0.25, 0.3) is 0 Å². The van der Waals surface area contributed by atoms with Crippen molar-refractivity contribution < 1.29 is 19.8 Å². The van der Waals surface area contributed by atoms with E-state index in [1.54, 1.807) is 0 Å². The second kappa shape index (κ2) is 12.6. The number of para-hydroxylation sites is 1. The fourth-order valence-corrected chi connectivity index (χ4v) is 4.45. The molecule has 1 fully saturated rings. The predicted molar refractivity (Wildman–Crippen MR) is 129 cm³/mol. The summed E-state index contributed by atoms with van der Waals surface area (Å²) in [6.45, 7) is 10.5. The average molecular weight is 462 g/mol. The van der Waals surface area contributed by atoms with E-state index < -0.39 is 24.0 Å². The topological polar surface area (TPSA) is 93.1 Å². The molecule has 1 aromatic carbocycles. The molecule has 2 aromatic rings. The molecule has 0 bridgehead atoms. The maximum absolute atomic E-state index is 12.6. The van der Waals surface area contributed by atoms with Gasteiger partial charge in [-0.1, -0.05) is 39.0 Å². The molecule has 0 radical (unpaired) electrons. The highest BCUT2D eigenvalue weighted by Crippen LogP contribution is 2.21. The van der Waals surface area contributed by atoms with Gasteiger partial charge in [-0.2, -0.15) is 0 Å². The van der Waals surface area contributed by atoms with Gasteiger partial charge in [-0.15, -0.1) is 11.3 Å². The minimum Gasteiger partial charge on any atom is -0.380 e. The minimum atomic E-state index is -1.79. The molecule has 8 heteroatoms. The van der Waals surface area contributed by atoms with Gasteiger partial charge in [-0.05, 0) is 42.0 Å². The van der Waals surface area contributed by atoms with Crippen LogP contribution in [0, 0.1) is 6.92 Å². The number of thiophene rings is 1. The molecular weight excluding hydrogens is 426 g/mol. The highest BCUT2D eigenvalue weighted by molar-refractivity contribution is 7.10. The smallest absolute Gasteiger partial charge is 0.254 e. The van der Waals surface area contributed by atoms with Gasteiger partial charge < -0.3 is 25.3 Å². The Hall–Kier alpha value is -2.42. The lowest BCUT2D eigenvalue weighted by Crippen LogP contribution is -2.55. The number of hydrogen-bond acceptors (Lipinski definition) is 6. The van der Waals surface area contributed by atoms with Crippen molar-refractivity contribution in [1.29, 1.82) is 0 Å². The molecule has 1 aromatic heterocycles. The summed E-state index contributed by atoms with van der Waals surface area (Å²) in [7, 11) is 0. The van der Waals surface area contributed by atoms with Crippen LogP contribution in [0.2, 0.25) is 0 Å². The van der Waals surface area contributed by atoms with E-state index in [2.05, 4.69) is 17.1 Å². The molecule has 1 aliphatic rings. The molecule has 0 aliphatic carbocycles. The van der Waals surface area contributed by atoms with Crippen molar-refractivity contribution in [3.05, 3.63) is 51.7 Å². The summed E-state index contributed by atoms with van der Waals surface area (Å²) >= 11 is 1.53. The van der Waals surface area contributed by atoms with Gasteiger partial charge in [0.1, 0.15) is 0 Å². The van der Waals surface area contributed by atoms with Gasteiger partial charge in [-0.3, -0.25) is 9.59 Å². The summed E-state index contributed by atoms with van der Waals surface area (Å²) in [5.41, 5.74) is 3.48. The van der Waals surface area contributed by atoms with Gasteiger partial charge in [0.2, 0.25) is 0 Å². The van der Waals surface area contributed by atoms with E-state index in [1.165, 1.54) is 27.4 Å². The zero-order chi connectivity index (χ0) is 23.7.